The summed E-state index contributed by atoms with van der Waals surface area (Å²) in [6, 6.07) is 7.53. The van der Waals surface area contributed by atoms with E-state index in [-0.39, 0.29) is 37.6 Å². The number of amides is 2. The lowest BCUT2D eigenvalue weighted by Crippen LogP contribution is -2.49. The Bertz CT molecular complexity index is 537. The second kappa shape index (κ2) is 9.37. The number of hydrogen-bond acceptors (Lipinski definition) is 5. The molecule has 1 unspecified atom stereocenters. The Balaban J connectivity index is 2.72. The van der Waals surface area contributed by atoms with Gasteiger partial charge in [0.05, 0.1) is 12.5 Å². The summed E-state index contributed by atoms with van der Waals surface area (Å²) >= 11 is 0. The highest BCUT2D eigenvalue weighted by Crippen LogP contribution is 2.11. The fourth-order valence-corrected chi connectivity index (χ4v) is 1.81. The molecule has 1 atom stereocenters. The predicted molar refractivity (Wildman–Crippen MR) is 78.9 cm³/mol. The highest BCUT2D eigenvalue weighted by atomic mass is 16.5. The van der Waals surface area contributed by atoms with Crippen LogP contribution in [-0.2, 0) is 20.7 Å². The first-order valence-corrected chi connectivity index (χ1v) is 6.77. The van der Waals surface area contributed by atoms with Crippen LogP contribution in [0.25, 0.3) is 0 Å². The Morgan fingerprint density at radius 1 is 1.36 bits per heavy atom. The number of carbonyl (C=O) groups is 2. The molecular weight excluding hydrogens is 286 g/mol. The third-order valence-corrected chi connectivity index (χ3v) is 2.84. The molecule has 1 aromatic rings. The third-order valence-electron chi connectivity index (χ3n) is 2.84. The number of nitriles is 1. The summed E-state index contributed by atoms with van der Waals surface area (Å²) in [7, 11) is 1.39. The van der Waals surface area contributed by atoms with Gasteiger partial charge >= 0.3 is 0 Å². The maximum atomic E-state index is 12.1. The molecule has 2 amide bonds. The average molecular weight is 305 g/mol. The fraction of sp³-hybridized carbons (Fsp3) is 0.400. The zero-order valence-corrected chi connectivity index (χ0v) is 12.3. The van der Waals surface area contributed by atoms with Crippen molar-refractivity contribution >= 4 is 11.8 Å². The third kappa shape index (κ3) is 6.24. The van der Waals surface area contributed by atoms with Crippen molar-refractivity contribution in [2.45, 2.75) is 18.9 Å². The predicted octanol–water partition coefficient (Wildman–Crippen LogP) is 0.0958. The molecule has 1 rings (SSSR count). The van der Waals surface area contributed by atoms with Gasteiger partial charge in [-0.25, -0.2) is 0 Å². The molecule has 22 heavy (non-hydrogen) atoms. The summed E-state index contributed by atoms with van der Waals surface area (Å²) in [5, 5.41) is 22.9. The van der Waals surface area contributed by atoms with Crippen molar-refractivity contribution in [2.75, 3.05) is 20.3 Å². The van der Waals surface area contributed by atoms with Crippen LogP contribution in [0.5, 0.6) is 5.75 Å². The van der Waals surface area contributed by atoms with E-state index in [1.54, 1.807) is 12.1 Å². The normalized spacial score (nSPS) is 11.3. The van der Waals surface area contributed by atoms with E-state index in [1.807, 2.05) is 6.07 Å². The van der Waals surface area contributed by atoms with Gasteiger partial charge in [0.15, 0.2) is 0 Å². The SMILES string of the molecule is COCC(=O)NC(Cc1ccc(O)cc1)C(=O)NCCC#N. The van der Waals surface area contributed by atoms with Crippen LogP contribution in [0, 0.1) is 11.3 Å². The van der Waals surface area contributed by atoms with E-state index < -0.39 is 11.9 Å². The molecule has 0 fully saturated rings. The van der Waals surface area contributed by atoms with Crippen LogP contribution in [0.1, 0.15) is 12.0 Å². The maximum absolute atomic E-state index is 12.1. The number of phenolic OH excluding ortho intramolecular Hbond substituents is 1. The number of nitrogens with zero attached hydrogens (tertiary/aromatic N) is 1. The molecule has 0 radical (unpaired) electrons. The first-order chi connectivity index (χ1) is 10.6. The lowest BCUT2D eigenvalue weighted by atomic mass is 10.0. The Hall–Kier alpha value is -2.59. The van der Waals surface area contributed by atoms with Crippen LogP contribution in [0.4, 0.5) is 0 Å². The number of hydrogen-bond donors (Lipinski definition) is 3. The lowest BCUT2D eigenvalue weighted by molar-refractivity contribution is -0.130. The molecule has 0 aromatic heterocycles. The Morgan fingerprint density at radius 2 is 2.05 bits per heavy atom. The molecule has 0 aliphatic carbocycles. The van der Waals surface area contributed by atoms with E-state index in [2.05, 4.69) is 10.6 Å². The lowest BCUT2D eigenvalue weighted by Gasteiger charge is -2.18. The fourth-order valence-electron chi connectivity index (χ4n) is 1.81. The molecule has 0 saturated heterocycles. The van der Waals surface area contributed by atoms with Crippen LogP contribution in [0.2, 0.25) is 0 Å². The summed E-state index contributed by atoms with van der Waals surface area (Å²) in [5.74, 6) is -0.642. The molecule has 118 valence electrons. The number of methoxy groups -OCH3 is 1. The second-order valence-corrected chi connectivity index (χ2v) is 4.62. The number of rotatable bonds is 8. The minimum absolute atomic E-state index is 0.127. The molecule has 0 bridgehead atoms. The minimum atomic E-state index is -0.772. The minimum Gasteiger partial charge on any atom is -0.508 e. The number of aromatic hydroxyl groups is 1. The topological polar surface area (TPSA) is 111 Å². The smallest absolute Gasteiger partial charge is 0.246 e. The zero-order valence-electron chi connectivity index (χ0n) is 12.3. The Morgan fingerprint density at radius 3 is 2.64 bits per heavy atom. The molecule has 0 aliphatic heterocycles. The molecule has 0 saturated carbocycles. The summed E-state index contributed by atoms with van der Waals surface area (Å²) in [5.41, 5.74) is 0.788. The van der Waals surface area contributed by atoms with Crippen molar-refractivity contribution in [2.24, 2.45) is 0 Å². The Labute approximate surface area is 128 Å². The molecule has 3 N–H and O–H groups in total. The molecular formula is C15H19N3O4. The first-order valence-electron chi connectivity index (χ1n) is 6.77. The van der Waals surface area contributed by atoms with Crippen LogP contribution in [0.15, 0.2) is 24.3 Å². The number of nitrogens with one attached hydrogen (secondary N) is 2. The van der Waals surface area contributed by atoms with Crippen molar-refractivity contribution in [3.8, 4) is 11.8 Å². The number of benzene rings is 1. The summed E-state index contributed by atoms with van der Waals surface area (Å²) in [4.78, 5) is 23.7. The van der Waals surface area contributed by atoms with Crippen molar-refractivity contribution in [1.82, 2.24) is 10.6 Å². The number of ether oxygens (including phenoxy) is 1. The van der Waals surface area contributed by atoms with Crippen LogP contribution in [-0.4, -0.2) is 43.2 Å². The molecule has 0 spiro atoms. The molecule has 1 aromatic carbocycles. The van der Waals surface area contributed by atoms with Crippen molar-refractivity contribution in [1.29, 1.82) is 5.26 Å². The van der Waals surface area contributed by atoms with E-state index in [9.17, 15) is 14.7 Å². The van der Waals surface area contributed by atoms with Crippen LogP contribution in [0.3, 0.4) is 0 Å². The van der Waals surface area contributed by atoms with E-state index in [0.29, 0.717) is 0 Å². The van der Waals surface area contributed by atoms with E-state index in [4.69, 9.17) is 10.00 Å². The van der Waals surface area contributed by atoms with Gasteiger partial charge in [-0.3, -0.25) is 9.59 Å². The van der Waals surface area contributed by atoms with Gasteiger partial charge < -0.3 is 20.5 Å². The van der Waals surface area contributed by atoms with Crippen LogP contribution >= 0.6 is 0 Å². The van der Waals surface area contributed by atoms with E-state index in [1.165, 1.54) is 19.2 Å². The van der Waals surface area contributed by atoms with Gasteiger partial charge in [-0.15, -0.1) is 0 Å². The first kappa shape index (κ1) is 17.5. The molecule has 7 heteroatoms. The van der Waals surface area contributed by atoms with Crippen molar-refractivity contribution in [3.05, 3.63) is 29.8 Å². The zero-order chi connectivity index (χ0) is 16.4. The van der Waals surface area contributed by atoms with Gasteiger partial charge in [0.1, 0.15) is 18.4 Å². The number of phenols is 1. The highest BCUT2D eigenvalue weighted by molar-refractivity contribution is 5.88. The molecule has 0 aliphatic rings. The maximum Gasteiger partial charge on any atom is 0.246 e. The number of carbonyl (C=O) groups excluding carboxylic acids is 2. The van der Waals surface area contributed by atoms with Gasteiger partial charge in [-0.2, -0.15) is 5.26 Å². The molecule has 0 heterocycles. The summed E-state index contributed by atoms with van der Waals surface area (Å²) in [6.45, 7) is 0.0825. The van der Waals surface area contributed by atoms with Gasteiger partial charge in [-0.05, 0) is 17.7 Å². The van der Waals surface area contributed by atoms with Gasteiger partial charge in [0.2, 0.25) is 11.8 Å². The standard InChI is InChI=1S/C15H19N3O4/c1-22-10-14(20)18-13(15(21)17-8-2-7-16)9-11-3-5-12(19)6-4-11/h3-6,13,19H,2,8-10H2,1H3,(H,17,21)(H,18,20). The largest absolute Gasteiger partial charge is 0.508 e. The van der Waals surface area contributed by atoms with Crippen LogP contribution < -0.4 is 10.6 Å². The second-order valence-electron chi connectivity index (χ2n) is 4.62. The van der Waals surface area contributed by atoms with Gasteiger partial charge in [0.25, 0.3) is 0 Å². The summed E-state index contributed by atoms with van der Waals surface area (Å²) < 4.78 is 4.73. The molecule has 7 nitrogen and oxygen atoms in total. The average Bonchev–Trinajstić information content (AvgIpc) is 2.49. The quantitative estimate of drug-likeness (QED) is 0.590. The van der Waals surface area contributed by atoms with Crippen molar-refractivity contribution < 1.29 is 19.4 Å². The highest BCUT2D eigenvalue weighted by Gasteiger charge is 2.20. The summed E-state index contributed by atoms with van der Waals surface area (Å²) in [6.07, 6.45) is 0.470. The monoisotopic (exact) mass is 305 g/mol. The Kier molecular flexibility index (Phi) is 7.43. The van der Waals surface area contributed by atoms with Gasteiger partial charge in [0, 0.05) is 20.1 Å². The van der Waals surface area contributed by atoms with Crippen molar-refractivity contribution in [3.63, 3.8) is 0 Å². The van der Waals surface area contributed by atoms with E-state index >= 15 is 0 Å². The van der Waals surface area contributed by atoms with Gasteiger partial charge in [-0.1, -0.05) is 12.1 Å². The van der Waals surface area contributed by atoms with E-state index in [0.717, 1.165) is 5.56 Å².